The molecule has 1 amide bonds. The maximum Gasteiger partial charge on any atom is 0.255 e. The fourth-order valence-corrected chi connectivity index (χ4v) is 3.86. The van der Waals surface area contributed by atoms with Crippen molar-refractivity contribution in [2.75, 3.05) is 11.9 Å². The zero-order valence-corrected chi connectivity index (χ0v) is 18.3. The fourth-order valence-electron chi connectivity index (χ4n) is 3.70. The molecule has 9 heteroatoms. The molecule has 1 unspecified atom stereocenters. The van der Waals surface area contributed by atoms with Crippen molar-refractivity contribution < 1.29 is 14.3 Å². The number of halogens is 2. The molecule has 2 heterocycles. The van der Waals surface area contributed by atoms with E-state index in [0.29, 0.717) is 17.2 Å². The van der Waals surface area contributed by atoms with Crippen molar-refractivity contribution in [1.82, 2.24) is 20.1 Å². The van der Waals surface area contributed by atoms with Gasteiger partial charge < -0.3 is 15.7 Å². The van der Waals surface area contributed by atoms with Crippen molar-refractivity contribution in [3.8, 4) is 0 Å². The third-order valence-electron chi connectivity index (χ3n) is 5.61. The number of pyridine rings is 1. The highest BCUT2D eigenvalue weighted by Gasteiger charge is 2.28. The van der Waals surface area contributed by atoms with Gasteiger partial charge in [0.1, 0.15) is 11.3 Å². The highest BCUT2D eigenvalue weighted by Crippen LogP contribution is 2.34. The average molecular weight is 438 g/mol. The summed E-state index contributed by atoms with van der Waals surface area (Å²) in [5.41, 5.74) is 0.614. The molecule has 3 N–H and O–H groups in total. The molecular formula is C21H29ClFN5O2. The molecule has 0 saturated heterocycles. The van der Waals surface area contributed by atoms with E-state index in [2.05, 4.69) is 26.9 Å². The monoisotopic (exact) mass is 437 g/mol. The summed E-state index contributed by atoms with van der Waals surface area (Å²) in [6.45, 7) is 2.44. The van der Waals surface area contributed by atoms with Crippen LogP contribution in [0.3, 0.4) is 0 Å². The van der Waals surface area contributed by atoms with E-state index in [9.17, 15) is 14.3 Å². The number of anilines is 1. The van der Waals surface area contributed by atoms with E-state index in [0.717, 1.165) is 25.7 Å². The van der Waals surface area contributed by atoms with Crippen LogP contribution in [0.25, 0.3) is 0 Å². The van der Waals surface area contributed by atoms with Gasteiger partial charge in [-0.15, -0.1) is 0 Å². The second-order valence-corrected chi connectivity index (χ2v) is 8.91. The van der Waals surface area contributed by atoms with Crippen LogP contribution in [0.1, 0.15) is 61.4 Å². The normalized spacial score (nSPS) is 20.6. The molecule has 1 aliphatic rings. The highest BCUT2D eigenvalue weighted by molar-refractivity contribution is 6.29. The van der Waals surface area contributed by atoms with Crippen molar-refractivity contribution in [3.05, 3.63) is 40.9 Å². The van der Waals surface area contributed by atoms with Crippen LogP contribution in [0, 0.1) is 0 Å². The van der Waals surface area contributed by atoms with Crippen molar-refractivity contribution in [2.45, 2.75) is 63.3 Å². The lowest BCUT2D eigenvalue weighted by Gasteiger charge is -2.30. The Hall–Kier alpha value is -2.19. The van der Waals surface area contributed by atoms with Gasteiger partial charge in [-0.05, 0) is 57.1 Å². The van der Waals surface area contributed by atoms with Gasteiger partial charge in [0.05, 0.1) is 29.6 Å². The predicted octanol–water partition coefficient (Wildman–Crippen LogP) is 3.45. The quantitative estimate of drug-likeness (QED) is 0.577. The fraction of sp³-hybridized carbons (Fsp3) is 0.571. The van der Waals surface area contributed by atoms with E-state index in [4.69, 9.17) is 11.6 Å². The van der Waals surface area contributed by atoms with Gasteiger partial charge in [0.2, 0.25) is 0 Å². The van der Waals surface area contributed by atoms with E-state index in [1.54, 1.807) is 6.07 Å². The van der Waals surface area contributed by atoms with Gasteiger partial charge in [0.15, 0.2) is 0 Å². The number of aromatic nitrogens is 3. The van der Waals surface area contributed by atoms with Gasteiger partial charge in [-0.3, -0.25) is 9.48 Å². The zero-order chi connectivity index (χ0) is 21.9. The third-order valence-corrected chi connectivity index (χ3v) is 5.81. The molecular weight excluding hydrogens is 409 g/mol. The summed E-state index contributed by atoms with van der Waals surface area (Å²) >= 11 is 6.05. The summed E-state index contributed by atoms with van der Waals surface area (Å²) in [6.07, 6.45) is 7.75. The molecule has 30 heavy (non-hydrogen) atoms. The minimum absolute atomic E-state index is 0.202. The Morgan fingerprint density at radius 3 is 2.67 bits per heavy atom. The minimum Gasteiger partial charge on any atom is -0.387 e. The van der Waals surface area contributed by atoms with E-state index in [1.165, 1.54) is 25.6 Å². The van der Waals surface area contributed by atoms with Gasteiger partial charge in [-0.2, -0.15) is 5.10 Å². The van der Waals surface area contributed by atoms with Crippen molar-refractivity contribution in [2.24, 2.45) is 7.05 Å². The molecule has 0 aromatic carbocycles. The standard InChI is InChI=1S/C21H29ClFN5O2/c1-21(2,30)18(23)11-25-20(29)16-10-24-19(22)8-17(16)27-15-6-4-13(5-7-15)14-9-26-28(3)12-14/h8-10,12-13,15,18,30H,4-7,11H2,1-3H3,(H,24,27)(H,25,29). The van der Waals surface area contributed by atoms with Crippen molar-refractivity contribution in [1.29, 1.82) is 0 Å². The van der Waals surface area contributed by atoms with Crippen LogP contribution in [-0.4, -0.2) is 50.1 Å². The molecule has 164 valence electrons. The first kappa shape index (κ1) is 22.5. The number of aliphatic hydroxyl groups is 1. The lowest BCUT2D eigenvalue weighted by Crippen LogP contribution is -2.42. The van der Waals surface area contributed by atoms with Gasteiger partial charge >= 0.3 is 0 Å². The molecule has 1 atom stereocenters. The van der Waals surface area contributed by atoms with Crippen molar-refractivity contribution in [3.63, 3.8) is 0 Å². The lowest BCUT2D eigenvalue weighted by atomic mass is 9.83. The predicted molar refractivity (Wildman–Crippen MR) is 115 cm³/mol. The van der Waals surface area contributed by atoms with Crippen LogP contribution in [0.4, 0.5) is 10.1 Å². The summed E-state index contributed by atoms with van der Waals surface area (Å²) in [5.74, 6) is 0.0292. The minimum atomic E-state index is -1.58. The Kier molecular flexibility index (Phi) is 6.98. The Balaban J connectivity index is 1.62. The number of hydrogen-bond acceptors (Lipinski definition) is 5. The van der Waals surface area contributed by atoms with Crippen LogP contribution >= 0.6 is 11.6 Å². The number of amides is 1. The second kappa shape index (κ2) is 9.31. The number of alkyl halides is 1. The topological polar surface area (TPSA) is 92.1 Å². The molecule has 0 radical (unpaired) electrons. The Morgan fingerprint density at radius 2 is 2.07 bits per heavy atom. The third kappa shape index (κ3) is 5.70. The molecule has 1 saturated carbocycles. The van der Waals surface area contributed by atoms with E-state index in [-0.39, 0.29) is 17.7 Å². The van der Waals surface area contributed by atoms with Crippen LogP contribution in [0.5, 0.6) is 0 Å². The number of carbonyl (C=O) groups excluding carboxylic acids is 1. The molecule has 0 bridgehead atoms. The van der Waals surface area contributed by atoms with Gasteiger partial charge in [-0.25, -0.2) is 9.37 Å². The number of rotatable bonds is 7. The molecule has 3 rings (SSSR count). The summed E-state index contributed by atoms with van der Waals surface area (Å²) in [5, 5.41) is 20.2. The smallest absolute Gasteiger partial charge is 0.255 e. The van der Waals surface area contributed by atoms with E-state index in [1.807, 2.05) is 17.9 Å². The number of nitrogens with zero attached hydrogens (tertiary/aromatic N) is 3. The van der Waals surface area contributed by atoms with Gasteiger partial charge in [0.25, 0.3) is 5.91 Å². The number of hydrogen-bond donors (Lipinski definition) is 3. The van der Waals surface area contributed by atoms with Crippen LogP contribution < -0.4 is 10.6 Å². The van der Waals surface area contributed by atoms with Gasteiger partial charge in [0, 0.05) is 25.5 Å². The molecule has 2 aromatic heterocycles. The molecule has 0 aliphatic heterocycles. The molecule has 1 fully saturated rings. The molecule has 0 spiro atoms. The Labute approximate surface area is 181 Å². The van der Waals surface area contributed by atoms with Crippen LogP contribution in [0.2, 0.25) is 5.15 Å². The molecule has 2 aromatic rings. The van der Waals surface area contributed by atoms with Crippen LogP contribution in [0.15, 0.2) is 24.7 Å². The van der Waals surface area contributed by atoms with E-state index >= 15 is 0 Å². The number of carbonyl (C=O) groups is 1. The summed E-state index contributed by atoms with van der Waals surface area (Å²) in [6, 6.07) is 1.82. The van der Waals surface area contributed by atoms with Gasteiger partial charge in [-0.1, -0.05) is 11.6 Å². The molecule has 1 aliphatic carbocycles. The summed E-state index contributed by atoms with van der Waals surface area (Å²) < 4.78 is 15.8. The first-order valence-corrected chi connectivity index (χ1v) is 10.6. The summed E-state index contributed by atoms with van der Waals surface area (Å²) in [4.78, 5) is 16.6. The second-order valence-electron chi connectivity index (χ2n) is 8.52. The maximum atomic E-state index is 14.0. The maximum absolute atomic E-state index is 14.0. The Morgan fingerprint density at radius 1 is 1.37 bits per heavy atom. The summed E-state index contributed by atoms with van der Waals surface area (Å²) in [7, 11) is 1.92. The van der Waals surface area contributed by atoms with E-state index < -0.39 is 17.7 Å². The zero-order valence-electron chi connectivity index (χ0n) is 17.5. The largest absolute Gasteiger partial charge is 0.387 e. The average Bonchev–Trinajstić information content (AvgIpc) is 3.12. The Bertz CT molecular complexity index is 875. The first-order chi connectivity index (χ1) is 14.1. The number of aryl methyl sites for hydroxylation is 1. The number of nitrogens with one attached hydrogen (secondary N) is 2. The van der Waals surface area contributed by atoms with Crippen LogP contribution in [-0.2, 0) is 7.05 Å². The lowest BCUT2D eigenvalue weighted by molar-refractivity contribution is -0.00177. The SMILES string of the molecule is Cn1cc(C2CCC(Nc3cc(Cl)ncc3C(=O)NCC(F)C(C)(C)O)CC2)cn1. The molecule has 7 nitrogen and oxygen atoms in total. The first-order valence-electron chi connectivity index (χ1n) is 10.2. The highest BCUT2D eigenvalue weighted by atomic mass is 35.5. The van der Waals surface area contributed by atoms with Crippen molar-refractivity contribution >= 4 is 23.2 Å².